The normalized spacial score (nSPS) is 14.3. The highest BCUT2D eigenvalue weighted by Crippen LogP contribution is 2.43. The van der Waals surface area contributed by atoms with Crippen molar-refractivity contribution in [3.63, 3.8) is 0 Å². The minimum absolute atomic E-state index is 0.0531. The molecule has 0 aliphatic heterocycles. The summed E-state index contributed by atoms with van der Waals surface area (Å²) in [6, 6.07) is -0.871. The summed E-state index contributed by atoms with van der Waals surface area (Å²) < 4.78 is 23.8. The number of phosphoric acid groups is 1. The second kappa shape index (κ2) is 70.2. The zero-order valence-corrected chi connectivity index (χ0v) is 60.5. The molecule has 0 heterocycles. The molecule has 0 saturated carbocycles. The number of aliphatic hydroxyl groups is 1. The van der Waals surface area contributed by atoms with Crippen LogP contribution in [0.1, 0.15) is 335 Å². The van der Waals surface area contributed by atoms with Crippen molar-refractivity contribution in [1.29, 1.82) is 0 Å². The zero-order chi connectivity index (χ0) is 65.5. The monoisotopic (exact) mass is 1270 g/mol. The summed E-state index contributed by atoms with van der Waals surface area (Å²) in [7, 11) is 1.56. The maximum atomic E-state index is 13.1. The Hall–Kier alpha value is -3.10. The molecule has 0 bridgehead atoms. The summed E-state index contributed by atoms with van der Waals surface area (Å²) in [4.78, 5) is 23.5. The van der Waals surface area contributed by atoms with Crippen LogP contribution in [0.15, 0.2) is 122 Å². The molecule has 3 unspecified atom stereocenters. The molecule has 0 aromatic carbocycles. The summed E-state index contributed by atoms with van der Waals surface area (Å²) in [5.74, 6) is -0.186. The van der Waals surface area contributed by atoms with E-state index in [9.17, 15) is 19.4 Å². The van der Waals surface area contributed by atoms with Crippen LogP contribution in [0.5, 0.6) is 0 Å². The first kappa shape index (κ1) is 86.9. The minimum Gasteiger partial charge on any atom is -0.387 e. The fourth-order valence-corrected chi connectivity index (χ4v) is 11.6. The van der Waals surface area contributed by atoms with Crippen LogP contribution in [0.3, 0.4) is 0 Å². The van der Waals surface area contributed by atoms with Crippen LogP contribution in [-0.2, 0) is 18.4 Å². The molecule has 90 heavy (non-hydrogen) atoms. The van der Waals surface area contributed by atoms with Gasteiger partial charge in [-0.15, -0.1) is 0 Å². The highest BCUT2D eigenvalue weighted by molar-refractivity contribution is 7.47. The molecule has 9 heteroatoms. The standard InChI is InChI=1S/C81H145N2O6P/c1-6-8-10-12-14-16-18-20-22-24-26-28-30-32-34-35-36-37-38-39-40-41-42-43-44-45-46-47-49-51-53-55-57-59-61-63-65-67-69-71-73-75-81(85)82-79(78-89-90(86,87)88-77-76-83(3,4)5)80(84)74-72-70-68-66-64-62-60-58-56-54-52-50-48-33-31-29-27-25-23-21-19-17-15-13-11-9-7-2/h8,10,14,16,20,22,26,28,32,34,36-37,39-40,42-43,64,66,72,74,79-80,84H,6-7,9,11-13,15,17-19,21,23-25,27,29-31,33,35,38,41,44-63,65,67-71,73,75-78H2,1-5H3,(H-,82,85,86,87)/p+1/b10-8-,16-14-,22-20-,28-26-,34-32-,37-36-,40-39-,43-42-,66-64+,74-72+. The number of aliphatic hydroxyl groups excluding tert-OH is 1. The van der Waals surface area contributed by atoms with Gasteiger partial charge >= 0.3 is 7.82 Å². The van der Waals surface area contributed by atoms with Gasteiger partial charge in [-0.2, -0.15) is 0 Å². The molecule has 0 radical (unpaired) electrons. The zero-order valence-electron chi connectivity index (χ0n) is 59.6. The average Bonchev–Trinajstić information content (AvgIpc) is 3.09. The Morgan fingerprint density at radius 2 is 0.678 bits per heavy atom. The van der Waals surface area contributed by atoms with E-state index in [2.05, 4.69) is 129 Å². The SMILES string of the molecule is CC/C=C\C/C=C\C/C=C\C/C=C\C/C=C\C/C=C\C/C=C\C/C=C\CCCCCCCCCCCCCCCCCCC(=O)NC(COP(=O)(O)OCC[N+](C)(C)C)C(O)/C=C/CC/C=C/CCCCCCCCCCCCCCCCCCCCCCC. The van der Waals surface area contributed by atoms with Gasteiger partial charge in [0.1, 0.15) is 13.2 Å². The van der Waals surface area contributed by atoms with Crippen LogP contribution in [-0.4, -0.2) is 73.4 Å². The lowest BCUT2D eigenvalue weighted by atomic mass is 10.0. The van der Waals surface area contributed by atoms with Gasteiger partial charge in [0.15, 0.2) is 0 Å². The van der Waals surface area contributed by atoms with E-state index >= 15 is 0 Å². The molecule has 0 aromatic heterocycles. The predicted octanol–water partition coefficient (Wildman–Crippen LogP) is 24.8. The van der Waals surface area contributed by atoms with Gasteiger partial charge in [-0.3, -0.25) is 13.8 Å². The average molecular weight is 1280 g/mol. The molecule has 0 aliphatic rings. The number of nitrogens with one attached hydrogen (secondary N) is 1. The number of phosphoric ester groups is 1. The molecule has 0 saturated heterocycles. The third-order valence-electron chi connectivity index (χ3n) is 16.7. The van der Waals surface area contributed by atoms with E-state index in [-0.39, 0.29) is 19.1 Å². The molecule has 0 rings (SSSR count). The summed E-state index contributed by atoms with van der Waals surface area (Å²) in [5.41, 5.74) is 0. The van der Waals surface area contributed by atoms with Crippen LogP contribution < -0.4 is 5.32 Å². The molecule has 1 amide bonds. The van der Waals surface area contributed by atoms with Gasteiger partial charge in [-0.25, -0.2) is 4.57 Å². The topological polar surface area (TPSA) is 105 Å². The lowest BCUT2D eigenvalue weighted by Gasteiger charge is -2.25. The number of allylic oxidation sites excluding steroid dienone is 19. The number of likely N-dealkylation sites (N-methyl/N-ethyl adjacent to an activating group) is 1. The smallest absolute Gasteiger partial charge is 0.387 e. The van der Waals surface area contributed by atoms with Crippen molar-refractivity contribution in [2.75, 3.05) is 40.9 Å². The minimum atomic E-state index is -4.37. The lowest BCUT2D eigenvalue weighted by Crippen LogP contribution is -2.45. The van der Waals surface area contributed by atoms with Crippen LogP contribution in [0, 0.1) is 0 Å². The number of amides is 1. The molecule has 8 nitrogen and oxygen atoms in total. The Labute approximate surface area is 558 Å². The third-order valence-corrected chi connectivity index (χ3v) is 17.6. The Kier molecular flexibility index (Phi) is 67.8. The second-order valence-corrected chi connectivity index (χ2v) is 28.1. The number of rotatable bonds is 69. The van der Waals surface area contributed by atoms with Crippen LogP contribution in [0.4, 0.5) is 0 Å². The second-order valence-electron chi connectivity index (χ2n) is 26.6. The van der Waals surface area contributed by atoms with E-state index in [1.54, 1.807) is 6.08 Å². The number of hydrogen-bond acceptors (Lipinski definition) is 5. The Morgan fingerprint density at radius 3 is 1.02 bits per heavy atom. The first-order valence-corrected chi connectivity index (χ1v) is 39.4. The van der Waals surface area contributed by atoms with Crippen molar-refractivity contribution < 1.29 is 32.9 Å². The van der Waals surface area contributed by atoms with Crippen molar-refractivity contribution >= 4 is 13.7 Å². The lowest BCUT2D eigenvalue weighted by molar-refractivity contribution is -0.870. The number of unbranched alkanes of at least 4 members (excludes halogenated alkanes) is 38. The van der Waals surface area contributed by atoms with Gasteiger partial charge in [0.25, 0.3) is 0 Å². The number of carbonyl (C=O) groups is 1. The molecule has 3 atom stereocenters. The Balaban J connectivity index is 4.05. The number of quaternary nitrogens is 1. The molecule has 0 aromatic rings. The summed E-state index contributed by atoms with van der Waals surface area (Å²) >= 11 is 0. The molecular weight excluding hydrogens is 1130 g/mol. The quantitative estimate of drug-likeness (QED) is 0.0243. The number of carbonyl (C=O) groups excluding carboxylic acids is 1. The van der Waals surface area contributed by atoms with Gasteiger partial charge in [0, 0.05) is 6.42 Å². The summed E-state index contributed by atoms with van der Waals surface area (Å²) in [5, 5.41) is 14.0. The van der Waals surface area contributed by atoms with Gasteiger partial charge < -0.3 is 19.8 Å². The fraction of sp³-hybridized carbons (Fsp3) is 0.741. The molecule has 520 valence electrons. The maximum Gasteiger partial charge on any atom is 0.472 e. The van der Waals surface area contributed by atoms with Gasteiger partial charge in [-0.1, -0.05) is 354 Å². The largest absolute Gasteiger partial charge is 0.472 e. The molecule has 0 spiro atoms. The van der Waals surface area contributed by atoms with Crippen molar-refractivity contribution in [2.45, 2.75) is 347 Å². The van der Waals surface area contributed by atoms with E-state index in [0.717, 1.165) is 89.9 Å². The Morgan fingerprint density at radius 1 is 0.389 bits per heavy atom. The maximum absolute atomic E-state index is 13.1. The van der Waals surface area contributed by atoms with Crippen LogP contribution >= 0.6 is 7.82 Å². The first-order valence-electron chi connectivity index (χ1n) is 37.9. The van der Waals surface area contributed by atoms with E-state index < -0.39 is 20.0 Å². The highest BCUT2D eigenvalue weighted by Gasteiger charge is 2.28. The molecule has 0 aliphatic carbocycles. The van der Waals surface area contributed by atoms with Crippen molar-refractivity contribution in [3.05, 3.63) is 122 Å². The van der Waals surface area contributed by atoms with Crippen molar-refractivity contribution in [2.24, 2.45) is 0 Å². The van der Waals surface area contributed by atoms with Crippen LogP contribution in [0.25, 0.3) is 0 Å². The number of hydrogen-bond donors (Lipinski definition) is 3. The van der Waals surface area contributed by atoms with E-state index in [0.29, 0.717) is 17.4 Å². The first-order chi connectivity index (χ1) is 44.0. The summed E-state index contributed by atoms with van der Waals surface area (Å²) in [6.07, 6.45) is 105. The van der Waals surface area contributed by atoms with E-state index in [1.807, 2.05) is 27.2 Å². The third kappa shape index (κ3) is 72.3. The van der Waals surface area contributed by atoms with Gasteiger partial charge in [-0.05, 0) is 96.3 Å². The van der Waals surface area contributed by atoms with Crippen molar-refractivity contribution in [1.82, 2.24) is 5.32 Å². The molecule has 3 N–H and O–H groups in total. The van der Waals surface area contributed by atoms with Crippen LogP contribution in [0.2, 0.25) is 0 Å². The van der Waals surface area contributed by atoms with E-state index in [1.165, 1.54) is 225 Å². The van der Waals surface area contributed by atoms with Gasteiger partial charge in [0.05, 0.1) is 39.9 Å². The summed E-state index contributed by atoms with van der Waals surface area (Å²) in [6.45, 7) is 4.71. The van der Waals surface area contributed by atoms with E-state index in [4.69, 9.17) is 9.05 Å². The fourth-order valence-electron chi connectivity index (χ4n) is 10.8. The number of nitrogens with zero attached hydrogens (tertiary/aromatic N) is 1. The Bertz CT molecular complexity index is 1890. The highest BCUT2D eigenvalue weighted by atomic mass is 31.2. The van der Waals surface area contributed by atoms with Gasteiger partial charge in [0.2, 0.25) is 5.91 Å². The predicted molar refractivity (Wildman–Crippen MR) is 396 cm³/mol. The van der Waals surface area contributed by atoms with Crippen molar-refractivity contribution in [3.8, 4) is 0 Å². The molecule has 0 fully saturated rings. The molecular formula is C81H146N2O6P+.